The van der Waals surface area contributed by atoms with Crippen molar-refractivity contribution in [2.45, 2.75) is 37.1 Å². The fraction of sp³-hybridized carbons (Fsp3) is 0.667. The molecule has 3 aliphatic carbocycles. The predicted molar refractivity (Wildman–Crippen MR) is 52.0 cm³/mol. The van der Waals surface area contributed by atoms with Gasteiger partial charge in [0.05, 0.1) is 0 Å². The van der Waals surface area contributed by atoms with Crippen molar-refractivity contribution in [3.05, 3.63) is 10.5 Å². The Morgan fingerprint density at radius 2 is 2.29 bits per heavy atom. The third-order valence-electron chi connectivity index (χ3n) is 3.29. The number of rotatable bonds is 2. The highest BCUT2D eigenvalue weighted by atomic mass is 32.1. The van der Waals surface area contributed by atoms with E-state index in [0.29, 0.717) is 0 Å². The Hall–Kier alpha value is -0.970. The van der Waals surface area contributed by atoms with E-state index in [1.807, 2.05) is 0 Å². The maximum absolute atomic E-state index is 10.9. The van der Waals surface area contributed by atoms with E-state index in [9.17, 15) is 4.79 Å². The zero-order valence-electron chi connectivity index (χ0n) is 7.91. The fourth-order valence-electron chi connectivity index (χ4n) is 2.92. The molecule has 1 heterocycles. The average Bonchev–Trinajstić information content (AvgIpc) is 2.44. The zero-order valence-corrected chi connectivity index (χ0v) is 8.73. The van der Waals surface area contributed by atoms with Crippen molar-refractivity contribution < 1.29 is 4.79 Å². The quantitative estimate of drug-likeness (QED) is 0.785. The van der Waals surface area contributed by atoms with Crippen molar-refractivity contribution >= 4 is 17.2 Å². The van der Waals surface area contributed by atoms with Gasteiger partial charge in [0.1, 0.15) is 10.5 Å². The first kappa shape index (κ1) is 8.35. The van der Waals surface area contributed by atoms with Crippen LogP contribution in [0.25, 0.3) is 0 Å². The van der Waals surface area contributed by atoms with Gasteiger partial charge in [0.15, 0.2) is 0 Å². The van der Waals surface area contributed by atoms with Crippen LogP contribution in [0.5, 0.6) is 0 Å². The molecule has 1 N–H and O–H groups in total. The predicted octanol–water partition coefficient (Wildman–Crippen LogP) is 0.848. The molecule has 0 spiro atoms. The monoisotopic (exact) mass is 209 g/mol. The molecule has 1 amide bonds. The lowest BCUT2D eigenvalue weighted by Gasteiger charge is -2.69. The summed E-state index contributed by atoms with van der Waals surface area (Å²) in [5.41, 5.74) is 2.15. The van der Waals surface area contributed by atoms with Crippen LogP contribution in [0, 0.1) is 0 Å². The highest BCUT2D eigenvalue weighted by Gasteiger charge is 2.70. The molecule has 0 aromatic carbocycles. The lowest BCUT2D eigenvalue weighted by molar-refractivity contribution is -0.136. The van der Waals surface area contributed by atoms with E-state index in [1.165, 1.54) is 0 Å². The van der Waals surface area contributed by atoms with E-state index in [4.69, 9.17) is 0 Å². The van der Waals surface area contributed by atoms with Crippen LogP contribution >= 0.6 is 11.3 Å². The number of hydrogen-bond acceptors (Lipinski definition) is 4. The van der Waals surface area contributed by atoms with Crippen LogP contribution in [-0.2, 0) is 10.2 Å². The second-order valence-electron chi connectivity index (χ2n) is 4.52. The summed E-state index contributed by atoms with van der Waals surface area (Å²) in [7, 11) is 0. The molecule has 1 aromatic heterocycles. The van der Waals surface area contributed by atoms with Gasteiger partial charge in [-0.25, -0.2) is 0 Å². The van der Waals surface area contributed by atoms with Crippen molar-refractivity contribution in [3.8, 4) is 0 Å². The van der Waals surface area contributed by atoms with Gasteiger partial charge in [-0.15, -0.1) is 21.5 Å². The Bertz CT molecular complexity index is 367. The summed E-state index contributed by atoms with van der Waals surface area (Å²) in [6, 6.07) is 0. The molecule has 14 heavy (non-hydrogen) atoms. The second kappa shape index (κ2) is 2.34. The molecule has 0 aliphatic heterocycles. The molecular formula is C9H11N3OS. The van der Waals surface area contributed by atoms with Crippen molar-refractivity contribution in [1.82, 2.24) is 15.5 Å². The Labute approximate surface area is 85.7 Å². The van der Waals surface area contributed by atoms with Crippen LogP contribution in [0.1, 0.15) is 31.2 Å². The minimum Gasteiger partial charge on any atom is -0.351 e. The number of carbonyl (C=O) groups is 1. The molecule has 0 radical (unpaired) electrons. The lowest BCUT2D eigenvalue weighted by Crippen LogP contribution is -2.76. The molecule has 3 aliphatic rings. The number of nitrogens with zero attached hydrogens (tertiary/aromatic N) is 2. The molecule has 4 rings (SSSR count). The highest BCUT2D eigenvalue weighted by Crippen LogP contribution is 2.67. The van der Waals surface area contributed by atoms with Crippen LogP contribution in [-0.4, -0.2) is 21.6 Å². The van der Waals surface area contributed by atoms with Crippen molar-refractivity contribution in [3.63, 3.8) is 0 Å². The summed E-state index contributed by atoms with van der Waals surface area (Å²) in [4.78, 5) is 10.9. The Balaban J connectivity index is 1.72. The summed E-state index contributed by atoms with van der Waals surface area (Å²) < 4.78 is 0. The second-order valence-corrected chi connectivity index (χ2v) is 5.35. The molecule has 2 bridgehead atoms. The summed E-state index contributed by atoms with van der Waals surface area (Å²) in [6.07, 6.45) is 3.15. The largest absolute Gasteiger partial charge is 0.351 e. The molecule has 0 saturated heterocycles. The zero-order chi connectivity index (χ0) is 9.81. The number of amides is 1. The smallest absolute Gasteiger partial charge is 0.217 e. The number of nitrogens with one attached hydrogen (secondary N) is 1. The summed E-state index contributed by atoms with van der Waals surface area (Å²) in [6.45, 7) is 1.58. The maximum Gasteiger partial charge on any atom is 0.217 e. The number of carbonyl (C=O) groups excluding carboxylic acids is 1. The minimum atomic E-state index is 0.0792. The first-order valence-corrected chi connectivity index (χ1v) is 5.58. The van der Waals surface area contributed by atoms with E-state index in [1.54, 1.807) is 23.8 Å². The molecule has 3 saturated carbocycles. The van der Waals surface area contributed by atoms with Gasteiger partial charge in [-0.3, -0.25) is 4.79 Å². The SMILES string of the molecule is CC(=O)NC12CC(c3nncs3)(C1)C2. The van der Waals surface area contributed by atoms with Crippen LogP contribution in [0.15, 0.2) is 5.51 Å². The van der Waals surface area contributed by atoms with E-state index >= 15 is 0 Å². The molecular weight excluding hydrogens is 198 g/mol. The number of aromatic nitrogens is 2. The van der Waals surface area contributed by atoms with Crippen LogP contribution in [0.2, 0.25) is 0 Å². The summed E-state index contributed by atoms with van der Waals surface area (Å²) >= 11 is 1.63. The van der Waals surface area contributed by atoms with Gasteiger partial charge < -0.3 is 5.32 Å². The Morgan fingerprint density at radius 1 is 1.57 bits per heavy atom. The molecule has 0 atom stereocenters. The van der Waals surface area contributed by atoms with Gasteiger partial charge in [-0.2, -0.15) is 0 Å². The van der Waals surface area contributed by atoms with Gasteiger partial charge in [0.2, 0.25) is 5.91 Å². The van der Waals surface area contributed by atoms with Gasteiger partial charge in [0.25, 0.3) is 0 Å². The third-order valence-corrected chi connectivity index (χ3v) is 4.22. The fourth-order valence-corrected chi connectivity index (χ4v) is 3.68. The minimum absolute atomic E-state index is 0.0792. The van der Waals surface area contributed by atoms with Crippen LogP contribution in [0.3, 0.4) is 0 Å². The topological polar surface area (TPSA) is 54.9 Å². The molecule has 74 valence electrons. The van der Waals surface area contributed by atoms with Crippen molar-refractivity contribution in [2.24, 2.45) is 0 Å². The van der Waals surface area contributed by atoms with Gasteiger partial charge in [0, 0.05) is 17.9 Å². The third kappa shape index (κ3) is 0.904. The van der Waals surface area contributed by atoms with Crippen LogP contribution < -0.4 is 5.32 Å². The van der Waals surface area contributed by atoms with Crippen molar-refractivity contribution in [1.29, 1.82) is 0 Å². The normalized spacial score (nSPS) is 38.4. The van der Waals surface area contributed by atoms with E-state index in [2.05, 4.69) is 15.5 Å². The standard InChI is InChI=1S/C9H11N3OS/c1-6(13)11-9-2-8(3-9,4-9)7-12-10-5-14-7/h5H,2-4H2,1H3,(H,11,13). The van der Waals surface area contributed by atoms with Crippen LogP contribution in [0.4, 0.5) is 0 Å². The van der Waals surface area contributed by atoms with Crippen molar-refractivity contribution in [2.75, 3.05) is 0 Å². The molecule has 4 nitrogen and oxygen atoms in total. The first-order chi connectivity index (χ1) is 6.64. The van der Waals surface area contributed by atoms with E-state index in [0.717, 1.165) is 24.3 Å². The summed E-state index contributed by atoms with van der Waals surface area (Å²) in [5, 5.41) is 12.1. The molecule has 3 fully saturated rings. The van der Waals surface area contributed by atoms with Gasteiger partial charge in [-0.05, 0) is 19.3 Å². The average molecular weight is 209 g/mol. The van der Waals surface area contributed by atoms with Gasteiger partial charge in [-0.1, -0.05) is 0 Å². The Kier molecular flexibility index (Phi) is 1.39. The Morgan fingerprint density at radius 3 is 2.79 bits per heavy atom. The lowest BCUT2D eigenvalue weighted by atomic mass is 9.39. The number of hydrogen-bond donors (Lipinski definition) is 1. The summed E-state index contributed by atoms with van der Waals surface area (Å²) in [5.74, 6) is 0.0792. The van der Waals surface area contributed by atoms with E-state index < -0.39 is 0 Å². The first-order valence-electron chi connectivity index (χ1n) is 4.70. The highest BCUT2D eigenvalue weighted by molar-refractivity contribution is 7.09. The molecule has 1 aromatic rings. The van der Waals surface area contributed by atoms with E-state index in [-0.39, 0.29) is 16.9 Å². The molecule has 0 unspecified atom stereocenters. The maximum atomic E-state index is 10.9. The van der Waals surface area contributed by atoms with Gasteiger partial charge >= 0.3 is 0 Å². The molecule has 5 heteroatoms.